The summed E-state index contributed by atoms with van der Waals surface area (Å²) in [5, 5.41) is 3.01. The fraction of sp³-hybridized carbons (Fsp3) is 0.444. The number of carbonyl (C=O) groups excluding carboxylic acids is 2. The van der Waals surface area contributed by atoms with Crippen LogP contribution in [0.3, 0.4) is 0 Å². The van der Waals surface area contributed by atoms with Crippen molar-refractivity contribution in [2.24, 2.45) is 5.92 Å². The molecule has 208 valence electrons. The minimum Gasteiger partial charge on any atom is -0.493 e. The summed E-state index contributed by atoms with van der Waals surface area (Å²) >= 11 is 0. The van der Waals surface area contributed by atoms with Crippen LogP contribution in [0.1, 0.15) is 50.9 Å². The molecule has 2 unspecified atom stereocenters. The first-order valence-electron chi connectivity index (χ1n) is 12.4. The van der Waals surface area contributed by atoms with E-state index < -0.39 is 26.2 Å². The number of pyridine rings is 1. The maximum Gasteiger partial charge on any atom is 0.510 e. The summed E-state index contributed by atoms with van der Waals surface area (Å²) in [4.78, 5) is 28.4. The molecule has 1 aromatic carbocycles. The van der Waals surface area contributed by atoms with Gasteiger partial charge in [-0.15, -0.1) is 6.58 Å². The van der Waals surface area contributed by atoms with E-state index in [0.29, 0.717) is 29.6 Å². The van der Waals surface area contributed by atoms with Crippen LogP contribution in [0.4, 0.5) is 10.6 Å². The molecule has 0 fully saturated rings. The summed E-state index contributed by atoms with van der Waals surface area (Å²) in [6.07, 6.45) is 3.97. The van der Waals surface area contributed by atoms with Gasteiger partial charge < -0.3 is 24.3 Å². The number of aromatic nitrogens is 1. The van der Waals surface area contributed by atoms with Crippen LogP contribution in [0, 0.1) is 5.92 Å². The number of rotatable bonds is 15. The van der Waals surface area contributed by atoms with Gasteiger partial charge in [-0.1, -0.05) is 13.0 Å². The SMILES string of the molecule is C=CCC(CC)COc1cc(OC(C)C)cc(C(=O)Nc2ccc(P(C)(=O)OCOC(=O)OCC)cn2)c1. The van der Waals surface area contributed by atoms with Gasteiger partial charge >= 0.3 is 6.16 Å². The van der Waals surface area contributed by atoms with Crippen molar-refractivity contribution < 1.29 is 37.6 Å². The molecular weight excluding hydrogens is 511 g/mol. The molecule has 0 spiro atoms. The lowest BCUT2D eigenvalue weighted by Crippen LogP contribution is -2.17. The van der Waals surface area contributed by atoms with Crippen molar-refractivity contribution in [3.05, 3.63) is 54.7 Å². The third kappa shape index (κ3) is 10.2. The first kappa shape index (κ1) is 30.9. The van der Waals surface area contributed by atoms with Crippen LogP contribution in [0.15, 0.2) is 49.2 Å². The molecule has 1 heterocycles. The van der Waals surface area contributed by atoms with Gasteiger partial charge in [0, 0.05) is 24.5 Å². The van der Waals surface area contributed by atoms with E-state index in [0.717, 1.165) is 12.8 Å². The van der Waals surface area contributed by atoms with Crippen molar-refractivity contribution in [2.75, 3.05) is 32.0 Å². The summed E-state index contributed by atoms with van der Waals surface area (Å²) in [6.45, 7) is 12.8. The number of hydrogen-bond donors (Lipinski definition) is 1. The van der Waals surface area contributed by atoms with Crippen LogP contribution in [-0.4, -0.2) is 49.8 Å². The number of anilines is 1. The average molecular weight is 549 g/mol. The Morgan fingerprint density at radius 3 is 2.47 bits per heavy atom. The number of amides is 1. The smallest absolute Gasteiger partial charge is 0.493 e. The van der Waals surface area contributed by atoms with Gasteiger partial charge in [-0.25, -0.2) is 9.78 Å². The Bertz CT molecular complexity index is 1120. The maximum absolute atomic E-state index is 13.0. The van der Waals surface area contributed by atoms with E-state index in [-0.39, 0.29) is 23.8 Å². The molecule has 0 aliphatic rings. The lowest BCUT2D eigenvalue weighted by atomic mass is 10.0. The Kier molecular flexibility index (Phi) is 12.3. The molecule has 0 aliphatic carbocycles. The van der Waals surface area contributed by atoms with Gasteiger partial charge in [0.05, 0.1) is 24.6 Å². The molecular formula is C27H37N2O8P. The zero-order chi connectivity index (χ0) is 28.1. The number of nitrogens with one attached hydrogen (secondary N) is 1. The lowest BCUT2D eigenvalue weighted by molar-refractivity contribution is 0.00912. The molecule has 0 bridgehead atoms. The van der Waals surface area contributed by atoms with Gasteiger partial charge in [-0.05, 0) is 63.8 Å². The molecule has 0 saturated carbocycles. The topological polar surface area (TPSA) is 122 Å². The molecule has 11 heteroatoms. The fourth-order valence-corrected chi connectivity index (χ4v) is 4.24. The number of carbonyl (C=O) groups is 2. The first-order valence-corrected chi connectivity index (χ1v) is 14.5. The van der Waals surface area contributed by atoms with Crippen molar-refractivity contribution >= 4 is 30.6 Å². The quantitative estimate of drug-likeness (QED) is 0.128. The van der Waals surface area contributed by atoms with Crippen molar-refractivity contribution in [3.63, 3.8) is 0 Å². The number of ether oxygens (including phenoxy) is 4. The van der Waals surface area contributed by atoms with Gasteiger partial charge in [0.1, 0.15) is 17.3 Å². The molecule has 38 heavy (non-hydrogen) atoms. The van der Waals surface area contributed by atoms with Crippen LogP contribution in [0.5, 0.6) is 11.5 Å². The molecule has 10 nitrogen and oxygen atoms in total. The number of nitrogens with zero attached hydrogens (tertiary/aromatic N) is 1. The first-order chi connectivity index (χ1) is 18.1. The molecule has 0 saturated heterocycles. The second-order valence-electron chi connectivity index (χ2n) is 8.75. The molecule has 0 radical (unpaired) electrons. The van der Waals surface area contributed by atoms with E-state index in [1.807, 2.05) is 19.9 Å². The summed E-state index contributed by atoms with van der Waals surface area (Å²) in [5.74, 6) is 1.18. The van der Waals surface area contributed by atoms with Crippen LogP contribution in [0.2, 0.25) is 0 Å². The fourth-order valence-electron chi connectivity index (χ4n) is 3.23. The molecule has 1 aromatic heterocycles. The standard InChI is InChI=1S/C27H37N2O8P/c1-7-10-20(8-2)17-34-22-13-21(14-23(15-22)37-19(4)5)26(30)29-25-12-11-24(16-28-25)38(6,32)36-18-35-27(31)33-9-3/h7,11-16,19-20H,1,8-10,17-18H2,2-6H3,(H,28,29,30). The second kappa shape index (κ2) is 15.1. The number of allylic oxidation sites excluding steroid dienone is 1. The Hall–Kier alpha value is -3.36. The largest absolute Gasteiger partial charge is 0.510 e. The zero-order valence-corrected chi connectivity index (χ0v) is 23.5. The molecule has 1 amide bonds. The predicted octanol–water partition coefficient (Wildman–Crippen LogP) is 5.78. The third-order valence-electron chi connectivity index (χ3n) is 5.27. The molecule has 2 aromatic rings. The minimum atomic E-state index is -3.33. The van der Waals surface area contributed by atoms with Crippen LogP contribution < -0.4 is 20.1 Å². The van der Waals surface area contributed by atoms with E-state index in [9.17, 15) is 14.2 Å². The van der Waals surface area contributed by atoms with Gasteiger partial charge in [0.25, 0.3) is 5.91 Å². The predicted molar refractivity (Wildman–Crippen MR) is 146 cm³/mol. The van der Waals surface area contributed by atoms with Crippen molar-refractivity contribution in [1.29, 1.82) is 0 Å². The van der Waals surface area contributed by atoms with E-state index in [1.165, 1.54) is 25.0 Å². The van der Waals surface area contributed by atoms with Crippen molar-refractivity contribution in [2.45, 2.75) is 46.6 Å². The highest BCUT2D eigenvalue weighted by atomic mass is 31.2. The summed E-state index contributed by atoms with van der Waals surface area (Å²) in [5.41, 5.74) is 0.335. The van der Waals surface area contributed by atoms with Crippen molar-refractivity contribution in [3.8, 4) is 11.5 Å². The van der Waals surface area contributed by atoms with Crippen molar-refractivity contribution in [1.82, 2.24) is 4.98 Å². The van der Waals surface area contributed by atoms with Gasteiger partial charge in [-0.2, -0.15) is 0 Å². The summed E-state index contributed by atoms with van der Waals surface area (Å²) in [7, 11) is -3.33. The lowest BCUT2D eigenvalue weighted by Gasteiger charge is -2.17. The summed E-state index contributed by atoms with van der Waals surface area (Å²) in [6, 6.07) is 8.07. The zero-order valence-electron chi connectivity index (χ0n) is 22.6. The highest BCUT2D eigenvalue weighted by Crippen LogP contribution is 2.41. The van der Waals surface area contributed by atoms with Crippen LogP contribution >= 0.6 is 7.37 Å². The Balaban J connectivity index is 2.10. The van der Waals surface area contributed by atoms with E-state index in [1.54, 1.807) is 25.1 Å². The Labute approximate surface area is 224 Å². The van der Waals surface area contributed by atoms with Gasteiger partial charge in [-0.3, -0.25) is 13.9 Å². The Morgan fingerprint density at radius 1 is 1.13 bits per heavy atom. The molecule has 0 aliphatic heterocycles. The highest BCUT2D eigenvalue weighted by molar-refractivity contribution is 7.66. The maximum atomic E-state index is 13.0. The number of benzene rings is 1. The Morgan fingerprint density at radius 2 is 1.87 bits per heavy atom. The normalized spacial score (nSPS) is 13.2. The molecule has 1 N–H and O–H groups in total. The third-order valence-corrected chi connectivity index (χ3v) is 7.07. The highest BCUT2D eigenvalue weighted by Gasteiger charge is 2.21. The van der Waals surface area contributed by atoms with E-state index in [4.69, 9.17) is 18.7 Å². The monoisotopic (exact) mass is 548 g/mol. The molecule has 2 rings (SSSR count). The summed E-state index contributed by atoms with van der Waals surface area (Å²) < 4.78 is 39.2. The van der Waals surface area contributed by atoms with Gasteiger partial charge in [0.2, 0.25) is 14.2 Å². The minimum absolute atomic E-state index is 0.0887. The molecule has 2 atom stereocenters. The van der Waals surface area contributed by atoms with E-state index >= 15 is 0 Å². The number of hydrogen-bond acceptors (Lipinski definition) is 9. The van der Waals surface area contributed by atoms with Crippen LogP contribution in [0.25, 0.3) is 0 Å². The van der Waals surface area contributed by atoms with Crippen LogP contribution in [-0.2, 0) is 18.6 Å². The van der Waals surface area contributed by atoms with Gasteiger partial charge in [0.15, 0.2) is 0 Å². The van der Waals surface area contributed by atoms with E-state index in [2.05, 4.69) is 28.5 Å². The average Bonchev–Trinajstić information content (AvgIpc) is 2.86. The second-order valence-corrected chi connectivity index (χ2v) is 11.2.